The number of amides is 3. The zero-order valence-corrected chi connectivity index (χ0v) is 16.0. The van der Waals surface area contributed by atoms with Gasteiger partial charge in [0.1, 0.15) is 6.04 Å². The number of carbonyl (C=O) groups is 3. The molecule has 1 saturated heterocycles. The molecule has 1 fully saturated rings. The number of aryl methyl sites for hydroxylation is 1. The van der Waals surface area contributed by atoms with Crippen LogP contribution >= 0.6 is 0 Å². The van der Waals surface area contributed by atoms with Crippen LogP contribution in [0.1, 0.15) is 34.5 Å². The van der Waals surface area contributed by atoms with Crippen molar-refractivity contribution < 1.29 is 19.1 Å². The lowest BCUT2D eigenvalue weighted by atomic mass is 9.98. The number of nitrogens with zero attached hydrogens (tertiary/aromatic N) is 3. The average molecular weight is 392 g/mol. The molecule has 0 saturated carbocycles. The smallest absolute Gasteiger partial charge is 0.255 e. The molecule has 0 radical (unpaired) electrons. The van der Waals surface area contributed by atoms with Crippen molar-refractivity contribution in [2.45, 2.75) is 25.4 Å². The summed E-state index contributed by atoms with van der Waals surface area (Å²) < 4.78 is 7.30. The first-order valence-electron chi connectivity index (χ1n) is 9.60. The molecule has 29 heavy (non-hydrogen) atoms. The Hall–Kier alpha value is -3.26. The van der Waals surface area contributed by atoms with E-state index in [0.29, 0.717) is 31.7 Å². The minimum Gasteiger partial charge on any atom is -0.373 e. The molecule has 8 heteroatoms. The summed E-state index contributed by atoms with van der Waals surface area (Å²) in [5.41, 5.74) is 5.54. The largest absolute Gasteiger partial charge is 0.373 e. The third kappa shape index (κ3) is 2.87. The van der Waals surface area contributed by atoms with Crippen molar-refractivity contribution in [2.24, 2.45) is 7.05 Å². The van der Waals surface area contributed by atoms with Crippen LogP contribution in [0.25, 0.3) is 16.7 Å². The van der Waals surface area contributed by atoms with Crippen LogP contribution in [0.5, 0.6) is 0 Å². The number of nitrogens with one attached hydrogen (secondary N) is 1. The molecule has 2 aromatic rings. The Morgan fingerprint density at radius 1 is 1.21 bits per heavy atom. The van der Waals surface area contributed by atoms with E-state index in [1.807, 2.05) is 36.1 Å². The van der Waals surface area contributed by atoms with E-state index >= 15 is 0 Å². The summed E-state index contributed by atoms with van der Waals surface area (Å²) in [7, 11) is 1.90. The fourth-order valence-electron chi connectivity index (χ4n) is 4.32. The maximum absolute atomic E-state index is 12.9. The monoisotopic (exact) mass is 392 g/mol. The highest BCUT2D eigenvalue weighted by Gasteiger charge is 2.39. The van der Waals surface area contributed by atoms with Gasteiger partial charge in [-0.1, -0.05) is 12.1 Å². The third-order valence-electron chi connectivity index (χ3n) is 5.78. The van der Waals surface area contributed by atoms with E-state index in [1.165, 1.54) is 0 Å². The fourth-order valence-corrected chi connectivity index (χ4v) is 4.32. The topological polar surface area (TPSA) is 93.5 Å². The normalized spacial score (nSPS) is 21.4. The van der Waals surface area contributed by atoms with Crippen molar-refractivity contribution in [1.82, 2.24) is 20.0 Å². The van der Waals surface area contributed by atoms with Crippen LogP contribution in [-0.2, 0) is 27.9 Å². The summed E-state index contributed by atoms with van der Waals surface area (Å²) in [5.74, 6) is -0.850. The van der Waals surface area contributed by atoms with Crippen molar-refractivity contribution in [3.05, 3.63) is 47.3 Å². The number of hydrogen-bond acceptors (Lipinski definition) is 5. The van der Waals surface area contributed by atoms with E-state index in [4.69, 9.17) is 4.74 Å². The molecule has 1 atom stereocenters. The van der Waals surface area contributed by atoms with Gasteiger partial charge in [0.25, 0.3) is 5.91 Å². The lowest BCUT2D eigenvalue weighted by molar-refractivity contribution is -0.136. The molecule has 3 aliphatic rings. The SMILES string of the molecule is Cn1ncc(-c2ccc3c(c2)CN(C2CCC(=O)NC2=O)C3=O)c1C1=CCOC1. The van der Waals surface area contributed by atoms with E-state index in [9.17, 15) is 14.4 Å². The van der Waals surface area contributed by atoms with Crippen molar-refractivity contribution in [3.8, 4) is 11.1 Å². The number of ether oxygens (including phenoxy) is 1. The predicted molar refractivity (Wildman–Crippen MR) is 103 cm³/mol. The van der Waals surface area contributed by atoms with Crippen LogP contribution in [0, 0.1) is 0 Å². The van der Waals surface area contributed by atoms with E-state index < -0.39 is 11.9 Å². The maximum atomic E-state index is 12.9. The third-order valence-corrected chi connectivity index (χ3v) is 5.78. The summed E-state index contributed by atoms with van der Waals surface area (Å²) >= 11 is 0. The van der Waals surface area contributed by atoms with Crippen LogP contribution in [0.4, 0.5) is 0 Å². The average Bonchev–Trinajstić information content (AvgIpc) is 3.41. The second kappa shape index (κ2) is 6.66. The molecule has 0 bridgehead atoms. The first kappa shape index (κ1) is 17.8. The quantitative estimate of drug-likeness (QED) is 0.794. The molecule has 0 spiro atoms. The second-order valence-electron chi connectivity index (χ2n) is 7.55. The predicted octanol–water partition coefficient (Wildman–Crippen LogP) is 1.26. The number of imide groups is 1. The lowest BCUT2D eigenvalue weighted by Crippen LogP contribution is -2.52. The summed E-state index contributed by atoms with van der Waals surface area (Å²) in [5, 5.41) is 6.74. The van der Waals surface area contributed by atoms with E-state index in [2.05, 4.69) is 16.5 Å². The number of rotatable bonds is 3. The zero-order valence-electron chi connectivity index (χ0n) is 16.0. The van der Waals surface area contributed by atoms with Gasteiger partial charge in [-0.05, 0) is 29.7 Å². The van der Waals surface area contributed by atoms with Crippen LogP contribution < -0.4 is 5.32 Å². The van der Waals surface area contributed by atoms with Gasteiger partial charge in [0, 0.05) is 36.7 Å². The summed E-state index contributed by atoms with van der Waals surface area (Å²) in [6.45, 7) is 1.51. The molecule has 5 rings (SSSR count). The molecule has 148 valence electrons. The van der Waals surface area contributed by atoms with Gasteiger partial charge in [0.15, 0.2) is 0 Å². The summed E-state index contributed by atoms with van der Waals surface area (Å²) in [4.78, 5) is 38.1. The van der Waals surface area contributed by atoms with Gasteiger partial charge in [-0.3, -0.25) is 24.4 Å². The lowest BCUT2D eigenvalue weighted by Gasteiger charge is -2.29. The fraction of sp³-hybridized carbons (Fsp3) is 0.333. The Morgan fingerprint density at radius 3 is 2.83 bits per heavy atom. The molecule has 8 nitrogen and oxygen atoms in total. The van der Waals surface area contributed by atoms with Crippen molar-refractivity contribution in [3.63, 3.8) is 0 Å². The number of benzene rings is 1. The Morgan fingerprint density at radius 2 is 2.07 bits per heavy atom. The summed E-state index contributed by atoms with van der Waals surface area (Å²) in [6, 6.07) is 5.12. The Balaban J connectivity index is 1.47. The summed E-state index contributed by atoms with van der Waals surface area (Å²) in [6.07, 6.45) is 4.49. The highest BCUT2D eigenvalue weighted by atomic mass is 16.5. The Bertz CT molecular complexity index is 1080. The number of piperidine rings is 1. The van der Waals surface area contributed by atoms with Crippen LogP contribution in [0.2, 0.25) is 0 Å². The van der Waals surface area contributed by atoms with Gasteiger partial charge in [-0.25, -0.2) is 0 Å². The van der Waals surface area contributed by atoms with Crippen molar-refractivity contribution in [1.29, 1.82) is 0 Å². The van der Waals surface area contributed by atoms with E-state index in [0.717, 1.165) is 28.0 Å². The number of aromatic nitrogens is 2. The van der Waals surface area contributed by atoms with Gasteiger partial charge >= 0.3 is 0 Å². The van der Waals surface area contributed by atoms with Crippen molar-refractivity contribution >= 4 is 23.3 Å². The number of carbonyl (C=O) groups excluding carboxylic acids is 3. The highest BCUT2D eigenvalue weighted by Crippen LogP contribution is 2.34. The molecule has 1 aromatic carbocycles. The van der Waals surface area contributed by atoms with E-state index in [-0.39, 0.29) is 18.2 Å². The Kier molecular flexibility index (Phi) is 4.09. The minimum absolute atomic E-state index is 0.167. The number of hydrogen-bond donors (Lipinski definition) is 1. The molecule has 1 N–H and O–H groups in total. The molecule has 0 aliphatic carbocycles. The first-order chi connectivity index (χ1) is 14.0. The Labute approximate surface area is 167 Å². The number of fused-ring (bicyclic) bond motifs is 1. The molecule has 1 aromatic heterocycles. The van der Waals surface area contributed by atoms with Crippen LogP contribution in [-0.4, -0.2) is 51.7 Å². The van der Waals surface area contributed by atoms with E-state index in [1.54, 1.807) is 4.90 Å². The molecule has 3 aliphatic heterocycles. The van der Waals surface area contributed by atoms with Gasteiger partial charge in [-0.2, -0.15) is 5.10 Å². The zero-order chi connectivity index (χ0) is 20.1. The first-order valence-corrected chi connectivity index (χ1v) is 9.60. The van der Waals surface area contributed by atoms with Gasteiger partial charge in [0.05, 0.1) is 25.1 Å². The van der Waals surface area contributed by atoms with Crippen molar-refractivity contribution in [2.75, 3.05) is 13.2 Å². The van der Waals surface area contributed by atoms with Gasteiger partial charge < -0.3 is 9.64 Å². The highest BCUT2D eigenvalue weighted by molar-refractivity contribution is 6.05. The molecule has 3 amide bonds. The second-order valence-corrected chi connectivity index (χ2v) is 7.55. The minimum atomic E-state index is -0.606. The molecule has 1 unspecified atom stereocenters. The van der Waals surface area contributed by atoms with Crippen LogP contribution in [0.15, 0.2) is 30.5 Å². The van der Waals surface area contributed by atoms with Crippen LogP contribution in [0.3, 0.4) is 0 Å². The maximum Gasteiger partial charge on any atom is 0.255 e. The molecular weight excluding hydrogens is 372 g/mol. The molecule has 4 heterocycles. The van der Waals surface area contributed by atoms with Gasteiger partial charge in [-0.15, -0.1) is 0 Å². The van der Waals surface area contributed by atoms with Gasteiger partial charge in [0.2, 0.25) is 11.8 Å². The molecular formula is C21H20N4O4. The standard InChI is InChI=1S/C21H20N4O4/c1-24-19(13-6-7-29-11-13)16(9-22-24)12-2-3-15-14(8-12)10-25(21(15)28)17-4-5-18(26)23-20(17)27/h2-3,6,8-9,17H,4-5,7,10-11H2,1H3,(H,23,26,27).